The van der Waals surface area contributed by atoms with Crippen LogP contribution in [0.25, 0.3) is 10.9 Å². The van der Waals surface area contributed by atoms with Crippen LogP contribution in [0, 0.1) is 6.92 Å². The Hall–Kier alpha value is -2.50. The summed E-state index contributed by atoms with van der Waals surface area (Å²) in [6.07, 6.45) is 0.843. The van der Waals surface area contributed by atoms with Gasteiger partial charge in [0, 0.05) is 28.8 Å². The molecule has 1 heterocycles. The first-order valence-electron chi connectivity index (χ1n) is 7.78. The summed E-state index contributed by atoms with van der Waals surface area (Å²) in [7, 11) is 0. The zero-order valence-corrected chi connectivity index (χ0v) is 14.0. The molecule has 0 aliphatic rings. The number of nitrogens with one attached hydrogen (secondary N) is 4. The Kier molecular flexibility index (Phi) is 4.93. The smallest absolute Gasteiger partial charge is 0.315 e. The summed E-state index contributed by atoms with van der Waals surface area (Å²) in [5.41, 5.74) is 1.78. The third-order valence-electron chi connectivity index (χ3n) is 3.54. The van der Waals surface area contributed by atoms with Crippen LogP contribution in [0.5, 0.6) is 0 Å². The normalized spacial score (nSPS) is 11.3. The summed E-state index contributed by atoms with van der Waals surface area (Å²) in [6.45, 7) is 7.88. The van der Waals surface area contributed by atoms with Gasteiger partial charge >= 0.3 is 6.03 Å². The van der Waals surface area contributed by atoms with E-state index in [2.05, 4.69) is 20.9 Å². The number of carbonyl (C=O) groups excluding carboxylic acids is 2. The van der Waals surface area contributed by atoms with Gasteiger partial charge in [-0.25, -0.2) is 4.79 Å². The fourth-order valence-corrected chi connectivity index (χ4v) is 2.27. The maximum absolute atomic E-state index is 12.4. The molecule has 6 nitrogen and oxygen atoms in total. The molecule has 3 amide bonds. The number of benzene rings is 1. The molecular weight excluding hydrogens is 292 g/mol. The number of urea groups is 1. The van der Waals surface area contributed by atoms with E-state index >= 15 is 0 Å². The van der Waals surface area contributed by atoms with Crippen LogP contribution in [0.15, 0.2) is 24.3 Å². The molecule has 0 unspecified atom stereocenters. The average molecular weight is 316 g/mol. The molecule has 0 aliphatic carbocycles. The number of aromatic amines is 1. The average Bonchev–Trinajstić information content (AvgIpc) is 2.83. The highest BCUT2D eigenvalue weighted by Gasteiger charge is 2.29. The minimum Gasteiger partial charge on any atom is -0.359 e. The van der Waals surface area contributed by atoms with Crippen molar-refractivity contribution in [1.29, 1.82) is 0 Å². The lowest BCUT2D eigenvalue weighted by atomic mass is 10.0. The lowest BCUT2D eigenvalue weighted by Crippen LogP contribution is -2.55. The van der Waals surface area contributed by atoms with E-state index in [0.29, 0.717) is 12.2 Å². The van der Waals surface area contributed by atoms with Gasteiger partial charge in [0.2, 0.25) is 5.91 Å². The summed E-state index contributed by atoms with van der Waals surface area (Å²) in [5.74, 6) is -0.268. The van der Waals surface area contributed by atoms with Crippen molar-refractivity contribution in [3.63, 3.8) is 0 Å². The number of aromatic nitrogens is 1. The molecule has 2 rings (SSSR count). The molecular formula is C17H24N4O2. The van der Waals surface area contributed by atoms with Crippen molar-refractivity contribution in [2.24, 2.45) is 0 Å². The minimum atomic E-state index is -1.01. The quantitative estimate of drug-likeness (QED) is 0.683. The zero-order chi connectivity index (χ0) is 17.0. The zero-order valence-electron chi connectivity index (χ0n) is 14.0. The van der Waals surface area contributed by atoms with Gasteiger partial charge in [0.05, 0.1) is 0 Å². The first kappa shape index (κ1) is 16.9. The van der Waals surface area contributed by atoms with Crippen LogP contribution < -0.4 is 16.0 Å². The molecule has 1 aromatic carbocycles. The fourth-order valence-electron chi connectivity index (χ4n) is 2.27. The third-order valence-corrected chi connectivity index (χ3v) is 3.54. The van der Waals surface area contributed by atoms with E-state index in [1.807, 2.05) is 38.1 Å². The lowest BCUT2D eigenvalue weighted by molar-refractivity contribution is -0.120. The number of hydrogen-bond acceptors (Lipinski definition) is 2. The van der Waals surface area contributed by atoms with E-state index < -0.39 is 5.54 Å². The molecule has 0 radical (unpaired) electrons. The standard InChI is InChI=1S/C17H24N4O2/c1-5-8-18-16(23)21-17(3,4)15(22)20-13-6-7-14-12(10-13)9-11(2)19-14/h6-7,9-10,19H,5,8H2,1-4H3,(H,20,22)(H2,18,21,23). The largest absolute Gasteiger partial charge is 0.359 e. The molecule has 0 spiro atoms. The first-order chi connectivity index (χ1) is 10.8. The van der Waals surface area contributed by atoms with Gasteiger partial charge in [0.1, 0.15) is 5.54 Å². The van der Waals surface area contributed by atoms with Crippen molar-refractivity contribution in [2.45, 2.75) is 39.7 Å². The molecule has 1 aromatic heterocycles. The van der Waals surface area contributed by atoms with E-state index in [1.54, 1.807) is 13.8 Å². The van der Waals surface area contributed by atoms with Crippen LogP contribution in [-0.2, 0) is 4.79 Å². The number of amides is 3. The van der Waals surface area contributed by atoms with E-state index in [0.717, 1.165) is 23.0 Å². The van der Waals surface area contributed by atoms with Crippen molar-refractivity contribution in [3.05, 3.63) is 30.0 Å². The second kappa shape index (κ2) is 6.73. The number of hydrogen-bond donors (Lipinski definition) is 4. The molecule has 6 heteroatoms. The Labute approximate surface area is 136 Å². The SMILES string of the molecule is CCCNC(=O)NC(C)(C)C(=O)Nc1ccc2[nH]c(C)cc2c1. The highest BCUT2D eigenvalue weighted by molar-refractivity contribution is 6.01. The minimum absolute atomic E-state index is 0.268. The molecule has 0 fully saturated rings. The van der Waals surface area contributed by atoms with Gasteiger partial charge in [-0.15, -0.1) is 0 Å². The summed E-state index contributed by atoms with van der Waals surface area (Å²) in [4.78, 5) is 27.4. The van der Waals surface area contributed by atoms with Crippen molar-refractivity contribution >= 4 is 28.5 Å². The molecule has 4 N–H and O–H groups in total. The molecule has 0 bridgehead atoms. The fraction of sp³-hybridized carbons (Fsp3) is 0.412. The predicted octanol–water partition coefficient (Wildman–Crippen LogP) is 2.90. The molecule has 0 atom stereocenters. The van der Waals surface area contributed by atoms with Crippen molar-refractivity contribution in [2.75, 3.05) is 11.9 Å². The number of fused-ring (bicyclic) bond motifs is 1. The topological polar surface area (TPSA) is 86.0 Å². The Bertz CT molecular complexity index is 718. The van der Waals surface area contributed by atoms with E-state index in [4.69, 9.17) is 0 Å². The van der Waals surface area contributed by atoms with Gasteiger partial charge in [-0.1, -0.05) is 6.92 Å². The van der Waals surface area contributed by atoms with Crippen LogP contribution in [0.4, 0.5) is 10.5 Å². The van der Waals surface area contributed by atoms with Crippen LogP contribution >= 0.6 is 0 Å². The summed E-state index contributed by atoms with van der Waals surface area (Å²) in [6, 6.07) is 7.34. The van der Waals surface area contributed by atoms with Crippen molar-refractivity contribution in [1.82, 2.24) is 15.6 Å². The Morgan fingerprint density at radius 3 is 2.65 bits per heavy atom. The summed E-state index contributed by atoms with van der Waals surface area (Å²) >= 11 is 0. The Balaban J connectivity index is 2.04. The van der Waals surface area contributed by atoms with Gasteiger partial charge in [0.25, 0.3) is 0 Å². The highest BCUT2D eigenvalue weighted by Crippen LogP contribution is 2.20. The highest BCUT2D eigenvalue weighted by atomic mass is 16.2. The molecule has 23 heavy (non-hydrogen) atoms. The molecule has 0 saturated heterocycles. The third kappa shape index (κ3) is 4.25. The van der Waals surface area contributed by atoms with E-state index in [1.165, 1.54) is 0 Å². The predicted molar refractivity (Wildman–Crippen MR) is 92.6 cm³/mol. The molecule has 0 saturated carbocycles. The van der Waals surface area contributed by atoms with Gasteiger partial charge < -0.3 is 20.9 Å². The van der Waals surface area contributed by atoms with Crippen LogP contribution in [0.1, 0.15) is 32.9 Å². The van der Waals surface area contributed by atoms with E-state index in [-0.39, 0.29) is 11.9 Å². The van der Waals surface area contributed by atoms with Crippen LogP contribution in [0.2, 0.25) is 0 Å². The monoisotopic (exact) mass is 316 g/mol. The molecule has 2 aromatic rings. The van der Waals surface area contributed by atoms with Gasteiger partial charge in [-0.2, -0.15) is 0 Å². The number of aryl methyl sites for hydroxylation is 1. The number of anilines is 1. The van der Waals surface area contributed by atoms with Crippen LogP contribution in [0.3, 0.4) is 0 Å². The van der Waals surface area contributed by atoms with Crippen molar-refractivity contribution in [3.8, 4) is 0 Å². The molecule has 124 valence electrons. The number of rotatable bonds is 5. The van der Waals surface area contributed by atoms with Gasteiger partial charge in [0.15, 0.2) is 0 Å². The summed E-state index contributed by atoms with van der Waals surface area (Å²) < 4.78 is 0. The van der Waals surface area contributed by atoms with Gasteiger partial charge in [-0.3, -0.25) is 4.79 Å². The Morgan fingerprint density at radius 1 is 1.22 bits per heavy atom. The maximum Gasteiger partial charge on any atom is 0.315 e. The lowest BCUT2D eigenvalue weighted by Gasteiger charge is -2.25. The first-order valence-corrected chi connectivity index (χ1v) is 7.78. The number of carbonyl (C=O) groups is 2. The number of H-pyrrole nitrogens is 1. The Morgan fingerprint density at radius 2 is 1.96 bits per heavy atom. The van der Waals surface area contributed by atoms with E-state index in [9.17, 15) is 9.59 Å². The maximum atomic E-state index is 12.4. The van der Waals surface area contributed by atoms with Crippen molar-refractivity contribution < 1.29 is 9.59 Å². The molecule has 0 aliphatic heterocycles. The van der Waals surface area contributed by atoms with Crippen LogP contribution in [-0.4, -0.2) is 29.0 Å². The second-order valence-corrected chi connectivity index (χ2v) is 6.21. The second-order valence-electron chi connectivity index (χ2n) is 6.21. The van der Waals surface area contributed by atoms with Gasteiger partial charge in [-0.05, 0) is 51.5 Å². The summed E-state index contributed by atoms with van der Waals surface area (Å²) in [5, 5.41) is 9.27.